The quantitative estimate of drug-likeness (QED) is 0.796. The van der Waals surface area contributed by atoms with Gasteiger partial charge in [0.25, 0.3) is 0 Å². The summed E-state index contributed by atoms with van der Waals surface area (Å²) in [6.45, 7) is 5.13. The van der Waals surface area contributed by atoms with Crippen molar-refractivity contribution in [3.63, 3.8) is 0 Å². The molecular formula is C19H28Cl2N2O. The summed E-state index contributed by atoms with van der Waals surface area (Å²) in [5.74, 6) is 1.28. The molecule has 2 fully saturated rings. The Morgan fingerprint density at radius 2 is 2.25 bits per heavy atom. The van der Waals surface area contributed by atoms with Crippen LogP contribution >= 0.6 is 24.0 Å². The van der Waals surface area contributed by atoms with Crippen molar-refractivity contribution in [1.82, 2.24) is 10.6 Å². The molecule has 1 aliphatic carbocycles. The van der Waals surface area contributed by atoms with Gasteiger partial charge in [-0.2, -0.15) is 0 Å². The SMILES string of the molecule is CC(CC(=O)NCC1(c2cccc(Cl)c2)CC1)C1CCCNC1.Cl. The molecule has 1 saturated heterocycles. The number of amides is 1. The summed E-state index contributed by atoms with van der Waals surface area (Å²) in [4.78, 5) is 12.3. The lowest BCUT2D eigenvalue weighted by atomic mass is 9.85. The van der Waals surface area contributed by atoms with Crippen LogP contribution < -0.4 is 10.6 Å². The molecule has 1 aromatic rings. The lowest BCUT2D eigenvalue weighted by Crippen LogP contribution is -2.37. The molecule has 1 aromatic carbocycles. The zero-order valence-corrected chi connectivity index (χ0v) is 15.9. The maximum Gasteiger partial charge on any atom is 0.220 e. The zero-order chi connectivity index (χ0) is 16.3. The smallest absolute Gasteiger partial charge is 0.220 e. The first-order valence-electron chi connectivity index (χ1n) is 8.82. The van der Waals surface area contributed by atoms with E-state index in [0.29, 0.717) is 18.3 Å². The number of nitrogens with one attached hydrogen (secondary N) is 2. The van der Waals surface area contributed by atoms with E-state index in [2.05, 4.69) is 23.6 Å². The van der Waals surface area contributed by atoms with Gasteiger partial charge in [0.1, 0.15) is 0 Å². The van der Waals surface area contributed by atoms with E-state index in [9.17, 15) is 4.79 Å². The highest BCUT2D eigenvalue weighted by Gasteiger charge is 2.44. The van der Waals surface area contributed by atoms with Crippen LogP contribution in [-0.4, -0.2) is 25.5 Å². The number of rotatable bonds is 6. The minimum Gasteiger partial charge on any atom is -0.355 e. The number of halogens is 2. The molecule has 24 heavy (non-hydrogen) atoms. The molecule has 0 spiro atoms. The van der Waals surface area contributed by atoms with Gasteiger partial charge in [0.15, 0.2) is 0 Å². The minimum absolute atomic E-state index is 0. The average Bonchev–Trinajstić information content (AvgIpc) is 3.35. The average molecular weight is 371 g/mol. The van der Waals surface area contributed by atoms with E-state index in [4.69, 9.17) is 11.6 Å². The van der Waals surface area contributed by atoms with Crippen molar-refractivity contribution < 1.29 is 4.79 Å². The van der Waals surface area contributed by atoms with Gasteiger partial charge in [-0.3, -0.25) is 4.79 Å². The molecule has 1 aliphatic heterocycles. The third-order valence-corrected chi connectivity index (χ3v) is 5.80. The molecule has 3 rings (SSSR count). The molecule has 134 valence electrons. The number of hydrogen-bond donors (Lipinski definition) is 2. The second-order valence-corrected chi connectivity index (χ2v) is 7.79. The predicted molar refractivity (Wildman–Crippen MR) is 102 cm³/mol. The summed E-state index contributed by atoms with van der Waals surface area (Å²) in [7, 11) is 0. The Bertz CT molecular complexity index is 554. The van der Waals surface area contributed by atoms with Gasteiger partial charge >= 0.3 is 0 Å². The summed E-state index contributed by atoms with van der Waals surface area (Å²) in [6, 6.07) is 8.07. The first-order chi connectivity index (χ1) is 11.1. The standard InChI is InChI=1S/C19H27ClN2O.ClH/c1-14(15-4-3-9-21-12-15)10-18(23)22-13-19(7-8-19)16-5-2-6-17(20)11-16;/h2,5-6,11,14-15,21H,3-4,7-10,12-13H2,1H3,(H,22,23);1H. The van der Waals surface area contributed by atoms with Crippen LogP contribution in [0, 0.1) is 11.8 Å². The summed E-state index contributed by atoms with van der Waals surface area (Å²) in [5.41, 5.74) is 1.38. The highest BCUT2D eigenvalue weighted by molar-refractivity contribution is 6.30. The Hall–Kier alpha value is -0.770. The fourth-order valence-corrected chi connectivity index (χ4v) is 3.89. The molecule has 1 amide bonds. The van der Waals surface area contributed by atoms with Crippen LogP contribution in [0.15, 0.2) is 24.3 Å². The van der Waals surface area contributed by atoms with Crippen molar-refractivity contribution in [3.8, 4) is 0 Å². The van der Waals surface area contributed by atoms with Crippen molar-refractivity contribution in [2.24, 2.45) is 11.8 Å². The van der Waals surface area contributed by atoms with Crippen molar-refractivity contribution in [2.45, 2.75) is 44.4 Å². The topological polar surface area (TPSA) is 41.1 Å². The van der Waals surface area contributed by atoms with Crippen LogP contribution in [0.2, 0.25) is 5.02 Å². The molecule has 2 unspecified atom stereocenters. The molecule has 2 atom stereocenters. The predicted octanol–water partition coefficient (Wildman–Crippen LogP) is 3.94. The summed E-state index contributed by atoms with van der Waals surface area (Å²) in [6.07, 6.45) is 5.38. The Balaban J connectivity index is 0.00000208. The molecule has 1 heterocycles. The number of benzene rings is 1. The lowest BCUT2D eigenvalue weighted by molar-refractivity contribution is -0.122. The second kappa shape index (κ2) is 8.55. The van der Waals surface area contributed by atoms with Gasteiger partial charge in [0.2, 0.25) is 5.91 Å². The Morgan fingerprint density at radius 1 is 1.46 bits per heavy atom. The van der Waals surface area contributed by atoms with Gasteiger partial charge in [0.05, 0.1) is 0 Å². The Labute approximate surface area is 156 Å². The summed E-state index contributed by atoms with van der Waals surface area (Å²) >= 11 is 6.10. The third-order valence-electron chi connectivity index (χ3n) is 5.56. The molecule has 3 nitrogen and oxygen atoms in total. The van der Waals surface area contributed by atoms with Gasteiger partial charge in [-0.15, -0.1) is 12.4 Å². The first kappa shape index (κ1) is 19.6. The van der Waals surface area contributed by atoms with Crippen LogP contribution in [0.1, 0.15) is 44.6 Å². The Morgan fingerprint density at radius 3 is 2.88 bits per heavy atom. The van der Waals surface area contributed by atoms with E-state index < -0.39 is 0 Å². The van der Waals surface area contributed by atoms with E-state index in [-0.39, 0.29) is 23.7 Å². The van der Waals surface area contributed by atoms with E-state index in [1.807, 2.05) is 18.2 Å². The van der Waals surface area contributed by atoms with Gasteiger partial charge < -0.3 is 10.6 Å². The fraction of sp³-hybridized carbons (Fsp3) is 0.632. The van der Waals surface area contributed by atoms with E-state index in [1.54, 1.807) is 0 Å². The maximum atomic E-state index is 12.3. The molecule has 0 aromatic heterocycles. The molecule has 1 saturated carbocycles. The summed E-state index contributed by atoms with van der Waals surface area (Å²) < 4.78 is 0. The van der Waals surface area contributed by atoms with E-state index in [1.165, 1.54) is 18.4 Å². The van der Waals surface area contributed by atoms with Crippen LogP contribution in [0.3, 0.4) is 0 Å². The molecule has 2 N–H and O–H groups in total. The highest BCUT2D eigenvalue weighted by atomic mass is 35.5. The van der Waals surface area contributed by atoms with Crippen molar-refractivity contribution in [3.05, 3.63) is 34.9 Å². The minimum atomic E-state index is 0. The lowest BCUT2D eigenvalue weighted by Gasteiger charge is -2.28. The zero-order valence-electron chi connectivity index (χ0n) is 14.3. The van der Waals surface area contributed by atoms with Gasteiger partial charge in [-0.25, -0.2) is 0 Å². The first-order valence-corrected chi connectivity index (χ1v) is 9.20. The number of carbonyl (C=O) groups excluding carboxylic acids is 1. The van der Waals surface area contributed by atoms with E-state index in [0.717, 1.165) is 37.5 Å². The number of piperidine rings is 1. The van der Waals surface area contributed by atoms with Crippen LogP contribution in [0.4, 0.5) is 0 Å². The van der Waals surface area contributed by atoms with Crippen molar-refractivity contribution >= 4 is 29.9 Å². The second-order valence-electron chi connectivity index (χ2n) is 7.36. The molecule has 0 bridgehead atoms. The highest BCUT2D eigenvalue weighted by Crippen LogP contribution is 2.48. The maximum absolute atomic E-state index is 12.3. The van der Waals surface area contributed by atoms with E-state index >= 15 is 0 Å². The molecule has 0 radical (unpaired) electrons. The van der Waals surface area contributed by atoms with Crippen LogP contribution in [0.25, 0.3) is 0 Å². The van der Waals surface area contributed by atoms with Gasteiger partial charge in [0, 0.05) is 23.4 Å². The third kappa shape index (κ3) is 4.87. The van der Waals surface area contributed by atoms with Gasteiger partial charge in [-0.1, -0.05) is 30.7 Å². The number of carbonyl (C=O) groups is 1. The van der Waals surface area contributed by atoms with Crippen LogP contribution in [0.5, 0.6) is 0 Å². The fourth-order valence-electron chi connectivity index (χ4n) is 3.70. The largest absolute Gasteiger partial charge is 0.355 e. The van der Waals surface area contributed by atoms with Crippen LogP contribution in [-0.2, 0) is 10.2 Å². The Kier molecular flexibility index (Phi) is 6.97. The van der Waals surface area contributed by atoms with Crippen molar-refractivity contribution in [2.75, 3.05) is 19.6 Å². The molecular weight excluding hydrogens is 343 g/mol. The molecule has 2 aliphatic rings. The monoisotopic (exact) mass is 370 g/mol. The normalized spacial score (nSPS) is 23.0. The number of hydrogen-bond acceptors (Lipinski definition) is 2. The summed E-state index contributed by atoms with van der Waals surface area (Å²) in [5, 5.41) is 7.39. The molecule has 5 heteroatoms. The van der Waals surface area contributed by atoms with Crippen molar-refractivity contribution in [1.29, 1.82) is 0 Å². The van der Waals surface area contributed by atoms with Gasteiger partial charge in [-0.05, 0) is 68.3 Å².